The number of halogens is 2. The van der Waals surface area contributed by atoms with E-state index in [1.54, 1.807) is 28.8 Å². The fourth-order valence-electron chi connectivity index (χ4n) is 4.09. The summed E-state index contributed by atoms with van der Waals surface area (Å²) >= 11 is 12.8. The van der Waals surface area contributed by atoms with Crippen LogP contribution in [0.3, 0.4) is 0 Å². The first-order valence-corrected chi connectivity index (χ1v) is 10.6. The summed E-state index contributed by atoms with van der Waals surface area (Å²) in [5.74, 6) is -0.633. The molecule has 1 amide bonds. The highest BCUT2D eigenvalue weighted by molar-refractivity contribution is 6.39. The van der Waals surface area contributed by atoms with E-state index in [0.717, 1.165) is 34.9 Å². The second-order valence-electron chi connectivity index (χ2n) is 7.59. The van der Waals surface area contributed by atoms with Crippen LogP contribution < -0.4 is 5.73 Å². The Balaban J connectivity index is 1.79. The van der Waals surface area contributed by atoms with Gasteiger partial charge in [0.2, 0.25) is 0 Å². The summed E-state index contributed by atoms with van der Waals surface area (Å²) in [5, 5.41) is 11.3. The third kappa shape index (κ3) is 3.37. The van der Waals surface area contributed by atoms with Crippen LogP contribution in [0.4, 0.5) is 0 Å². The van der Waals surface area contributed by atoms with Gasteiger partial charge in [-0.15, -0.1) is 0 Å². The number of primary amides is 1. The van der Waals surface area contributed by atoms with Gasteiger partial charge in [0.25, 0.3) is 5.91 Å². The smallest absolute Gasteiger partial charge is 0.268 e. The molecule has 0 radical (unpaired) electrons. The number of hydrogen-bond donors (Lipinski definition) is 2. The van der Waals surface area contributed by atoms with Gasteiger partial charge in [-0.3, -0.25) is 14.2 Å². The van der Waals surface area contributed by atoms with E-state index in [4.69, 9.17) is 33.9 Å². The van der Waals surface area contributed by atoms with Crippen LogP contribution in [0.5, 0.6) is 0 Å². The third-order valence-corrected chi connectivity index (χ3v) is 6.27. The number of nitrogens with two attached hydrogens (primary N) is 1. The van der Waals surface area contributed by atoms with E-state index in [0.29, 0.717) is 33.4 Å². The third-order valence-electron chi connectivity index (χ3n) is 5.64. The standard InChI is InChI=1S/C23H18Cl2N4O2/c24-16-2-1-3-17(25)19(16)20-21(22(26)31)29-9-8-18-15(23(29)28-20)10-13(11-27-18)12-4-6-14(30)7-5-12/h1-4,8-11,14,30H,5-7H2,(H2,26,31). The maximum atomic E-state index is 12.4. The zero-order valence-corrected chi connectivity index (χ0v) is 17.9. The summed E-state index contributed by atoms with van der Waals surface area (Å²) in [7, 11) is 0. The van der Waals surface area contributed by atoms with Gasteiger partial charge in [-0.05, 0) is 54.7 Å². The van der Waals surface area contributed by atoms with E-state index < -0.39 is 5.91 Å². The van der Waals surface area contributed by atoms with Gasteiger partial charge in [-0.2, -0.15) is 0 Å². The van der Waals surface area contributed by atoms with Crippen molar-refractivity contribution in [2.24, 2.45) is 5.73 Å². The van der Waals surface area contributed by atoms with Gasteiger partial charge in [0, 0.05) is 23.3 Å². The summed E-state index contributed by atoms with van der Waals surface area (Å²) in [6, 6.07) is 8.95. The van der Waals surface area contributed by atoms with Crippen molar-refractivity contribution >= 4 is 51.2 Å². The van der Waals surface area contributed by atoms with E-state index >= 15 is 0 Å². The molecule has 3 N–H and O–H groups in total. The Morgan fingerprint density at radius 1 is 1.23 bits per heavy atom. The number of benzene rings is 1. The highest BCUT2D eigenvalue weighted by atomic mass is 35.5. The molecule has 5 rings (SSSR count). The predicted octanol–water partition coefficient (Wildman–Crippen LogP) is 4.88. The minimum absolute atomic E-state index is 0.206. The predicted molar refractivity (Wildman–Crippen MR) is 122 cm³/mol. The van der Waals surface area contributed by atoms with Crippen LogP contribution in [0.1, 0.15) is 35.3 Å². The van der Waals surface area contributed by atoms with Crippen LogP contribution in [-0.2, 0) is 0 Å². The molecule has 0 saturated carbocycles. The number of allylic oxidation sites excluding steroid dienone is 1. The summed E-state index contributed by atoms with van der Waals surface area (Å²) < 4.78 is 1.66. The Morgan fingerprint density at radius 3 is 2.68 bits per heavy atom. The number of aromatic nitrogens is 3. The minimum atomic E-state index is -0.633. The number of pyridine rings is 2. The topological polar surface area (TPSA) is 93.5 Å². The van der Waals surface area contributed by atoms with E-state index in [9.17, 15) is 9.90 Å². The van der Waals surface area contributed by atoms with Gasteiger partial charge >= 0.3 is 0 Å². The summed E-state index contributed by atoms with van der Waals surface area (Å²) in [6.07, 6.45) is 7.43. The number of nitrogens with zero attached hydrogens (tertiary/aromatic N) is 3. The molecule has 0 aliphatic heterocycles. The molecular formula is C23H18Cl2N4O2. The molecule has 156 valence electrons. The molecule has 1 aromatic carbocycles. The van der Waals surface area contributed by atoms with Crippen LogP contribution in [0.25, 0.3) is 33.4 Å². The van der Waals surface area contributed by atoms with Gasteiger partial charge in [-0.25, -0.2) is 4.98 Å². The first-order valence-electron chi connectivity index (χ1n) is 9.86. The van der Waals surface area contributed by atoms with Crippen molar-refractivity contribution in [2.75, 3.05) is 0 Å². The van der Waals surface area contributed by atoms with Crippen LogP contribution in [0.15, 0.2) is 48.8 Å². The van der Waals surface area contributed by atoms with Crippen molar-refractivity contribution in [1.82, 2.24) is 14.4 Å². The number of amides is 1. The molecule has 0 fully saturated rings. The average molecular weight is 453 g/mol. The maximum absolute atomic E-state index is 12.4. The number of fused-ring (bicyclic) bond motifs is 3. The Labute approximate surface area is 187 Å². The SMILES string of the molecule is NC(=O)c1c(-c2c(Cl)cccc2Cl)nc2c3cc(C4=CCC(O)CC4)cnc3ccn12. The zero-order valence-electron chi connectivity index (χ0n) is 16.3. The maximum Gasteiger partial charge on any atom is 0.268 e. The van der Waals surface area contributed by atoms with E-state index in [-0.39, 0.29) is 11.8 Å². The van der Waals surface area contributed by atoms with Crippen molar-refractivity contribution in [3.8, 4) is 11.3 Å². The van der Waals surface area contributed by atoms with Gasteiger partial charge in [0.15, 0.2) is 0 Å². The number of imidazole rings is 1. The molecular weight excluding hydrogens is 435 g/mol. The van der Waals surface area contributed by atoms with Crippen molar-refractivity contribution in [3.05, 3.63) is 70.1 Å². The van der Waals surface area contributed by atoms with Gasteiger partial charge in [0.05, 0.1) is 21.7 Å². The fourth-order valence-corrected chi connectivity index (χ4v) is 4.67. The molecule has 0 saturated heterocycles. The number of aliphatic hydroxyl groups excluding tert-OH is 1. The highest BCUT2D eigenvalue weighted by Crippen LogP contribution is 2.37. The second kappa shape index (κ2) is 7.64. The number of rotatable bonds is 3. The molecule has 3 aromatic heterocycles. The van der Waals surface area contributed by atoms with Gasteiger partial charge in [0.1, 0.15) is 17.0 Å². The second-order valence-corrected chi connectivity index (χ2v) is 8.41. The fraction of sp³-hybridized carbons (Fsp3) is 0.174. The number of carbonyl (C=O) groups is 1. The lowest BCUT2D eigenvalue weighted by molar-refractivity contribution is 0.0995. The Bertz CT molecular complexity index is 1370. The lowest BCUT2D eigenvalue weighted by atomic mass is 9.92. The molecule has 3 heterocycles. The van der Waals surface area contributed by atoms with Gasteiger partial charge in [-0.1, -0.05) is 35.3 Å². The molecule has 1 atom stereocenters. The van der Waals surface area contributed by atoms with Crippen LogP contribution in [0, 0.1) is 0 Å². The minimum Gasteiger partial charge on any atom is -0.393 e. The summed E-state index contributed by atoms with van der Waals surface area (Å²) in [4.78, 5) is 21.7. The Kier molecular flexibility index (Phi) is 4.93. The summed E-state index contributed by atoms with van der Waals surface area (Å²) in [5.41, 5.74) is 10.1. The Hall–Kier alpha value is -2.93. The largest absolute Gasteiger partial charge is 0.393 e. The molecule has 8 heteroatoms. The van der Waals surface area contributed by atoms with E-state index in [1.807, 2.05) is 24.4 Å². The van der Waals surface area contributed by atoms with E-state index in [1.165, 1.54) is 0 Å². The monoisotopic (exact) mass is 452 g/mol. The van der Waals surface area contributed by atoms with Crippen molar-refractivity contribution in [2.45, 2.75) is 25.4 Å². The van der Waals surface area contributed by atoms with E-state index in [2.05, 4.69) is 4.98 Å². The van der Waals surface area contributed by atoms with Crippen LogP contribution >= 0.6 is 23.2 Å². The lowest BCUT2D eigenvalue weighted by Crippen LogP contribution is -2.15. The molecule has 31 heavy (non-hydrogen) atoms. The molecule has 6 nitrogen and oxygen atoms in total. The molecule has 1 aliphatic carbocycles. The molecule has 1 unspecified atom stereocenters. The first kappa shape index (κ1) is 20.0. The average Bonchev–Trinajstić information content (AvgIpc) is 3.13. The quantitative estimate of drug-likeness (QED) is 0.462. The molecule has 0 spiro atoms. The molecule has 4 aromatic rings. The van der Waals surface area contributed by atoms with Crippen molar-refractivity contribution in [3.63, 3.8) is 0 Å². The van der Waals surface area contributed by atoms with Crippen LogP contribution in [0.2, 0.25) is 10.0 Å². The lowest BCUT2D eigenvalue weighted by Gasteiger charge is -2.17. The number of hydrogen-bond acceptors (Lipinski definition) is 4. The van der Waals surface area contributed by atoms with Crippen molar-refractivity contribution in [1.29, 1.82) is 0 Å². The summed E-state index contributed by atoms with van der Waals surface area (Å²) in [6.45, 7) is 0. The number of aliphatic hydroxyl groups is 1. The first-order chi connectivity index (χ1) is 14.9. The highest BCUT2D eigenvalue weighted by Gasteiger charge is 2.24. The van der Waals surface area contributed by atoms with Crippen LogP contribution in [-0.4, -0.2) is 31.5 Å². The van der Waals surface area contributed by atoms with Gasteiger partial charge < -0.3 is 10.8 Å². The zero-order chi connectivity index (χ0) is 21.7. The number of carbonyl (C=O) groups excluding carboxylic acids is 1. The molecule has 0 bridgehead atoms. The normalized spacial score (nSPS) is 16.6. The van der Waals surface area contributed by atoms with Crippen molar-refractivity contribution < 1.29 is 9.90 Å². The molecule has 1 aliphatic rings. The Morgan fingerprint density at radius 2 is 2.00 bits per heavy atom.